The van der Waals surface area contributed by atoms with Crippen LogP contribution in [0.5, 0.6) is 0 Å². The number of rotatable bonds is 6. The van der Waals surface area contributed by atoms with Gasteiger partial charge in [0.2, 0.25) is 5.91 Å². The minimum absolute atomic E-state index is 0.142. The van der Waals surface area contributed by atoms with E-state index in [0.717, 1.165) is 33.6 Å². The summed E-state index contributed by atoms with van der Waals surface area (Å²) in [5.41, 5.74) is 6.45. The summed E-state index contributed by atoms with van der Waals surface area (Å²) in [6.07, 6.45) is 1.70. The second-order valence-corrected chi connectivity index (χ2v) is 8.04. The van der Waals surface area contributed by atoms with Gasteiger partial charge in [-0.25, -0.2) is 4.68 Å². The lowest BCUT2D eigenvalue weighted by molar-refractivity contribution is -0.115. The van der Waals surface area contributed by atoms with Crippen LogP contribution in [0, 0.1) is 20.8 Å². The zero-order chi connectivity index (χ0) is 23.4. The smallest absolute Gasteiger partial charge is 0.255 e. The highest BCUT2D eigenvalue weighted by atomic mass is 16.2. The molecule has 4 aromatic rings. The van der Waals surface area contributed by atoms with Crippen LogP contribution in [0.25, 0.3) is 16.9 Å². The summed E-state index contributed by atoms with van der Waals surface area (Å²) in [6, 6.07) is 23.3. The van der Waals surface area contributed by atoms with Gasteiger partial charge in [0, 0.05) is 17.4 Å². The predicted molar refractivity (Wildman–Crippen MR) is 131 cm³/mol. The van der Waals surface area contributed by atoms with E-state index in [0.29, 0.717) is 11.3 Å². The summed E-state index contributed by atoms with van der Waals surface area (Å²) < 4.78 is 1.68. The van der Waals surface area contributed by atoms with Crippen LogP contribution in [-0.2, 0) is 4.79 Å². The van der Waals surface area contributed by atoms with Crippen molar-refractivity contribution in [3.05, 3.63) is 101 Å². The SMILES string of the molecule is Cc1cccc(-c2nn(-c3ccccc3)cc2C(=O)NCC(=O)Nc2c(C)cccc2C)c1. The molecule has 0 saturated carbocycles. The summed E-state index contributed by atoms with van der Waals surface area (Å²) >= 11 is 0. The molecule has 2 N–H and O–H groups in total. The van der Waals surface area contributed by atoms with Gasteiger partial charge >= 0.3 is 0 Å². The Morgan fingerprint density at radius 3 is 2.27 bits per heavy atom. The van der Waals surface area contributed by atoms with Crippen LogP contribution in [0.4, 0.5) is 5.69 Å². The molecule has 0 aliphatic heterocycles. The Hall–Kier alpha value is -4.19. The molecule has 0 spiro atoms. The van der Waals surface area contributed by atoms with Crippen LogP contribution in [0.1, 0.15) is 27.0 Å². The first kappa shape index (κ1) is 22.0. The van der Waals surface area contributed by atoms with Crippen molar-refractivity contribution in [2.24, 2.45) is 0 Å². The van der Waals surface area contributed by atoms with E-state index in [-0.39, 0.29) is 18.4 Å². The van der Waals surface area contributed by atoms with E-state index in [2.05, 4.69) is 15.7 Å². The molecule has 4 rings (SSSR count). The highest BCUT2D eigenvalue weighted by Crippen LogP contribution is 2.25. The molecule has 3 aromatic carbocycles. The summed E-state index contributed by atoms with van der Waals surface area (Å²) in [5.74, 6) is -0.640. The molecule has 0 radical (unpaired) electrons. The van der Waals surface area contributed by atoms with Gasteiger partial charge in [-0.2, -0.15) is 5.10 Å². The number of carbonyl (C=O) groups excluding carboxylic acids is 2. The number of hydrogen-bond acceptors (Lipinski definition) is 3. The number of benzene rings is 3. The standard InChI is InChI=1S/C27H26N4O2/c1-18-9-7-12-21(15-18)26-23(17-31(30-26)22-13-5-4-6-14-22)27(33)28-16-24(32)29-25-19(2)10-8-11-20(25)3/h4-15,17H,16H2,1-3H3,(H,28,33)(H,29,32). The van der Waals surface area contributed by atoms with Crippen LogP contribution in [0.3, 0.4) is 0 Å². The van der Waals surface area contributed by atoms with Crippen molar-refractivity contribution in [2.45, 2.75) is 20.8 Å². The Balaban J connectivity index is 1.57. The maximum Gasteiger partial charge on any atom is 0.255 e. The van der Waals surface area contributed by atoms with Crippen LogP contribution < -0.4 is 10.6 Å². The largest absolute Gasteiger partial charge is 0.343 e. The molecule has 0 aliphatic rings. The molecule has 0 unspecified atom stereocenters. The Morgan fingerprint density at radius 1 is 0.879 bits per heavy atom. The van der Waals surface area contributed by atoms with Gasteiger partial charge in [0.25, 0.3) is 5.91 Å². The second-order valence-electron chi connectivity index (χ2n) is 8.04. The molecule has 2 amide bonds. The quantitative estimate of drug-likeness (QED) is 0.453. The molecule has 6 heteroatoms. The maximum atomic E-state index is 13.1. The van der Waals surface area contributed by atoms with Gasteiger partial charge in [0.05, 0.1) is 17.8 Å². The normalized spacial score (nSPS) is 10.6. The Labute approximate surface area is 193 Å². The van der Waals surface area contributed by atoms with Crippen molar-refractivity contribution >= 4 is 17.5 Å². The number of nitrogens with one attached hydrogen (secondary N) is 2. The van der Waals surface area contributed by atoms with E-state index in [4.69, 9.17) is 0 Å². The number of carbonyl (C=O) groups is 2. The summed E-state index contributed by atoms with van der Waals surface area (Å²) in [5, 5.41) is 10.3. The van der Waals surface area contributed by atoms with Crippen molar-refractivity contribution in [3.8, 4) is 16.9 Å². The van der Waals surface area contributed by atoms with E-state index < -0.39 is 0 Å². The topological polar surface area (TPSA) is 76.0 Å². The number of anilines is 1. The average molecular weight is 439 g/mol. The van der Waals surface area contributed by atoms with Crippen molar-refractivity contribution in [2.75, 3.05) is 11.9 Å². The number of hydrogen-bond donors (Lipinski definition) is 2. The van der Waals surface area contributed by atoms with E-state index in [1.807, 2.05) is 93.6 Å². The molecular weight excluding hydrogens is 412 g/mol. The van der Waals surface area contributed by atoms with Crippen LogP contribution in [0.2, 0.25) is 0 Å². The molecule has 33 heavy (non-hydrogen) atoms. The molecule has 1 heterocycles. The zero-order valence-electron chi connectivity index (χ0n) is 18.9. The fourth-order valence-corrected chi connectivity index (χ4v) is 3.71. The molecule has 0 aliphatic carbocycles. The van der Waals surface area contributed by atoms with Gasteiger partial charge in [0.15, 0.2) is 0 Å². The van der Waals surface area contributed by atoms with E-state index >= 15 is 0 Å². The van der Waals surface area contributed by atoms with Gasteiger partial charge in [-0.05, 0) is 50.1 Å². The molecule has 0 bridgehead atoms. The van der Waals surface area contributed by atoms with Crippen LogP contribution >= 0.6 is 0 Å². The summed E-state index contributed by atoms with van der Waals surface area (Å²) in [7, 11) is 0. The minimum Gasteiger partial charge on any atom is -0.343 e. The number of para-hydroxylation sites is 2. The van der Waals surface area contributed by atoms with Gasteiger partial charge in [-0.15, -0.1) is 0 Å². The Morgan fingerprint density at radius 2 is 1.58 bits per heavy atom. The lowest BCUT2D eigenvalue weighted by Crippen LogP contribution is -2.33. The lowest BCUT2D eigenvalue weighted by Gasteiger charge is -2.12. The van der Waals surface area contributed by atoms with Crippen LogP contribution in [-0.4, -0.2) is 28.1 Å². The van der Waals surface area contributed by atoms with E-state index in [1.54, 1.807) is 10.9 Å². The first-order chi connectivity index (χ1) is 15.9. The minimum atomic E-state index is -0.356. The fourth-order valence-electron chi connectivity index (χ4n) is 3.71. The fraction of sp³-hybridized carbons (Fsp3) is 0.148. The van der Waals surface area contributed by atoms with E-state index in [1.165, 1.54) is 0 Å². The molecule has 0 saturated heterocycles. The number of aromatic nitrogens is 2. The van der Waals surface area contributed by atoms with E-state index in [9.17, 15) is 9.59 Å². The number of amides is 2. The monoisotopic (exact) mass is 438 g/mol. The highest BCUT2D eigenvalue weighted by Gasteiger charge is 2.19. The third-order valence-corrected chi connectivity index (χ3v) is 5.43. The lowest BCUT2D eigenvalue weighted by atomic mass is 10.1. The molecular formula is C27H26N4O2. The number of aryl methyl sites for hydroxylation is 3. The second kappa shape index (κ2) is 9.53. The Kier molecular flexibility index (Phi) is 6.36. The van der Waals surface area contributed by atoms with Gasteiger partial charge in [0.1, 0.15) is 5.69 Å². The number of nitrogens with zero attached hydrogens (tertiary/aromatic N) is 2. The molecule has 166 valence electrons. The first-order valence-electron chi connectivity index (χ1n) is 10.8. The van der Waals surface area contributed by atoms with Crippen molar-refractivity contribution < 1.29 is 9.59 Å². The Bertz CT molecular complexity index is 1290. The molecule has 0 atom stereocenters. The molecule has 1 aromatic heterocycles. The highest BCUT2D eigenvalue weighted by molar-refractivity contribution is 6.03. The average Bonchev–Trinajstić information content (AvgIpc) is 3.26. The molecule has 0 fully saturated rings. The van der Waals surface area contributed by atoms with Crippen molar-refractivity contribution in [1.82, 2.24) is 15.1 Å². The van der Waals surface area contributed by atoms with Crippen molar-refractivity contribution in [1.29, 1.82) is 0 Å². The van der Waals surface area contributed by atoms with Crippen LogP contribution in [0.15, 0.2) is 79.0 Å². The first-order valence-corrected chi connectivity index (χ1v) is 10.8. The van der Waals surface area contributed by atoms with Gasteiger partial charge in [-0.1, -0.05) is 60.2 Å². The van der Waals surface area contributed by atoms with Gasteiger partial charge < -0.3 is 10.6 Å². The maximum absolute atomic E-state index is 13.1. The van der Waals surface area contributed by atoms with Gasteiger partial charge in [-0.3, -0.25) is 9.59 Å². The van der Waals surface area contributed by atoms with Crippen molar-refractivity contribution in [3.63, 3.8) is 0 Å². The third-order valence-electron chi connectivity index (χ3n) is 5.43. The summed E-state index contributed by atoms with van der Waals surface area (Å²) in [4.78, 5) is 25.6. The molecule has 6 nitrogen and oxygen atoms in total. The predicted octanol–water partition coefficient (Wildman–Crippen LogP) is 4.83. The third kappa shape index (κ3) is 5.01. The zero-order valence-corrected chi connectivity index (χ0v) is 18.9. The summed E-state index contributed by atoms with van der Waals surface area (Å²) in [6.45, 7) is 5.73.